The van der Waals surface area contributed by atoms with Crippen molar-refractivity contribution in [3.05, 3.63) is 41.3 Å². The van der Waals surface area contributed by atoms with E-state index in [1.807, 2.05) is 36.4 Å². The molecule has 4 heterocycles. The highest BCUT2D eigenvalue weighted by Crippen LogP contribution is 2.34. The molecule has 0 radical (unpaired) electrons. The Hall–Kier alpha value is -1.50. The Balaban J connectivity index is 1.39. The maximum absolute atomic E-state index is 12.6. The van der Waals surface area contributed by atoms with Crippen LogP contribution in [0.4, 0.5) is 5.69 Å². The number of fused-ring (bicyclic) bond motifs is 3. The number of anilines is 1. The quantitative estimate of drug-likeness (QED) is 0.823. The fraction of sp³-hybridized carbons (Fsp3) is 0.389. The van der Waals surface area contributed by atoms with E-state index < -0.39 is 0 Å². The van der Waals surface area contributed by atoms with E-state index in [1.165, 1.54) is 25.9 Å². The monoisotopic (exact) mass is 359 g/mol. The Morgan fingerprint density at radius 3 is 2.58 bits per heavy atom. The van der Waals surface area contributed by atoms with Crippen molar-refractivity contribution >= 4 is 34.7 Å². The van der Waals surface area contributed by atoms with Gasteiger partial charge in [-0.15, -0.1) is 11.3 Å². The molecule has 0 spiro atoms. The van der Waals surface area contributed by atoms with Gasteiger partial charge in [0.05, 0.1) is 9.09 Å². The van der Waals surface area contributed by atoms with Crippen LogP contribution in [0.25, 0.3) is 0 Å². The summed E-state index contributed by atoms with van der Waals surface area (Å²) in [6.07, 6.45) is 2.43. The highest BCUT2D eigenvalue weighted by molar-refractivity contribution is 8.01. The Bertz CT molecular complexity index is 720. The molecule has 0 saturated carbocycles. The largest absolute Gasteiger partial charge is 0.399 e. The number of hydrogen-bond donors (Lipinski definition) is 2. The highest BCUT2D eigenvalue weighted by Gasteiger charge is 2.35. The number of carbonyl (C=O) groups is 1. The number of nitrogen functional groups attached to an aromatic ring is 1. The van der Waals surface area contributed by atoms with Crippen LogP contribution in [0.5, 0.6) is 0 Å². The third kappa shape index (κ3) is 3.45. The van der Waals surface area contributed by atoms with Crippen molar-refractivity contribution in [2.24, 2.45) is 5.92 Å². The lowest BCUT2D eigenvalue weighted by atomic mass is 9.84. The average molecular weight is 360 g/mol. The second kappa shape index (κ2) is 6.78. The topological polar surface area (TPSA) is 58.4 Å². The van der Waals surface area contributed by atoms with Crippen LogP contribution in [0.3, 0.4) is 0 Å². The molecule has 1 atom stereocenters. The standard InChI is InChI=1S/C18H21N3OS2/c19-13-1-3-14(4-2-13)23-17-6-5-16(24-17)18(22)20-15-11-21-9-7-12(15)8-10-21/h1-6,12,15H,7-11,19H2,(H,20,22)/t15-/m0/s1. The zero-order valence-electron chi connectivity index (χ0n) is 13.4. The molecule has 2 aromatic rings. The third-order valence-electron chi connectivity index (χ3n) is 4.88. The number of piperidine rings is 3. The molecule has 1 aromatic carbocycles. The zero-order valence-corrected chi connectivity index (χ0v) is 15.0. The van der Waals surface area contributed by atoms with Gasteiger partial charge in [-0.05, 0) is 68.2 Å². The molecule has 126 valence electrons. The molecule has 3 aliphatic rings. The molecule has 0 aliphatic carbocycles. The first-order valence-corrected chi connectivity index (χ1v) is 9.97. The predicted molar refractivity (Wildman–Crippen MR) is 99.7 cm³/mol. The lowest BCUT2D eigenvalue weighted by Crippen LogP contribution is -2.57. The summed E-state index contributed by atoms with van der Waals surface area (Å²) in [5.41, 5.74) is 6.48. The van der Waals surface area contributed by atoms with Crippen LogP contribution in [0, 0.1) is 5.92 Å². The van der Waals surface area contributed by atoms with Crippen molar-refractivity contribution in [3.63, 3.8) is 0 Å². The summed E-state index contributed by atoms with van der Waals surface area (Å²) in [4.78, 5) is 16.9. The van der Waals surface area contributed by atoms with Crippen molar-refractivity contribution in [1.29, 1.82) is 0 Å². The number of nitrogens with one attached hydrogen (secondary N) is 1. The number of benzene rings is 1. The molecule has 3 aliphatic heterocycles. The molecular weight excluding hydrogens is 338 g/mol. The third-order valence-corrected chi connectivity index (χ3v) is 7.10. The first kappa shape index (κ1) is 16.0. The van der Waals surface area contributed by atoms with Gasteiger partial charge in [0.1, 0.15) is 0 Å². The van der Waals surface area contributed by atoms with E-state index in [0.717, 1.165) is 26.2 Å². The van der Waals surface area contributed by atoms with Crippen LogP contribution < -0.4 is 11.1 Å². The van der Waals surface area contributed by atoms with Gasteiger partial charge in [0.25, 0.3) is 5.91 Å². The molecule has 4 nitrogen and oxygen atoms in total. The lowest BCUT2D eigenvalue weighted by Gasteiger charge is -2.44. The fourth-order valence-electron chi connectivity index (χ4n) is 3.52. The fourth-order valence-corrected chi connectivity index (χ4v) is 5.52. The summed E-state index contributed by atoms with van der Waals surface area (Å²) in [5, 5.41) is 3.26. The van der Waals surface area contributed by atoms with E-state index >= 15 is 0 Å². The van der Waals surface area contributed by atoms with Gasteiger partial charge in [0.15, 0.2) is 0 Å². The molecule has 24 heavy (non-hydrogen) atoms. The average Bonchev–Trinajstić information content (AvgIpc) is 3.07. The van der Waals surface area contributed by atoms with Gasteiger partial charge >= 0.3 is 0 Å². The van der Waals surface area contributed by atoms with Gasteiger partial charge in [-0.2, -0.15) is 0 Å². The molecule has 0 unspecified atom stereocenters. The van der Waals surface area contributed by atoms with E-state index in [-0.39, 0.29) is 5.91 Å². The van der Waals surface area contributed by atoms with Gasteiger partial charge in [-0.3, -0.25) is 4.79 Å². The second-order valence-corrected chi connectivity index (χ2v) is 8.97. The molecule has 3 fully saturated rings. The molecular formula is C18H21N3OS2. The lowest BCUT2D eigenvalue weighted by molar-refractivity contribution is 0.0622. The van der Waals surface area contributed by atoms with Crippen LogP contribution in [0.2, 0.25) is 0 Å². The van der Waals surface area contributed by atoms with Crippen LogP contribution in [0.15, 0.2) is 45.5 Å². The number of carbonyl (C=O) groups excluding carboxylic acids is 1. The number of nitrogens with zero attached hydrogens (tertiary/aromatic N) is 1. The van der Waals surface area contributed by atoms with E-state index in [4.69, 9.17) is 5.73 Å². The van der Waals surface area contributed by atoms with Gasteiger partial charge in [0, 0.05) is 23.2 Å². The first-order valence-electron chi connectivity index (χ1n) is 8.34. The van der Waals surface area contributed by atoms with Crippen LogP contribution in [-0.2, 0) is 0 Å². The Morgan fingerprint density at radius 2 is 1.92 bits per heavy atom. The van der Waals surface area contributed by atoms with Gasteiger partial charge in [-0.1, -0.05) is 11.8 Å². The number of amides is 1. The van der Waals surface area contributed by atoms with Crippen molar-refractivity contribution in [3.8, 4) is 0 Å². The molecule has 5 rings (SSSR count). The van der Waals surface area contributed by atoms with Gasteiger partial charge < -0.3 is 16.0 Å². The summed E-state index contributed by atoms with van der Waals surface area (Å²) in [6, 6.07) is 12.1. The summed E-state index contributed by atoms with van der Waals surface area (Å²) >= 11 is 3.22. The molecule has 1 amide bonds. The summed E-state index contributed by atoms with van der Waals surface area (Å²) in [7, 11) is 0. The predicted octanol–water partition coefficient (Wildman–Crippen LogP) is 3.31. The van der Waals surface area contributed by atoms with Crippen molar-refractivity contribution in [2.45, 2.75) is 28.0 Å². The highest BCUT2D eigenvalue weighted by atomic mass is 32.2. The van der Waals surface area contributed by atoms with Gasteiger partial charge in [0.2, 0.25) is 0 Å². The minimum Gasteiger partial charge on any atom is -0.399 e. The molecule has 1 aromatic heterocycles. The summed E-state index contributed by atoms with van der Waals surface area (Å²) < 4.78 is 1.12. The summed E-state index contributed by atoms with van der Waals surface area (Å²) in [6.45, 7) is 3.39. The second-order valence-electron chi connectivity index (χ2n) is 6.51. The van der Waals surface area contributed by atoms with Crippen molar-refractivity contribution in [1.82, 2.24) is 10.2 Å². The maximum atomic E-state index is 12.6. The molecule has 3 saturated heterocycles. The number of nitrogens with two attached hydrogens (primary N) is 1. The van der Waals surface area contributed by atoms with Gasteiger partial charge in [-0.25, -0.2) is 0 Å². The van der Waals surface area contributed by atoms with Crippen molar-refractivity contribution in [2.75, 3.05) is 25.4 Å². The van der Waals surface area contributed by atoms with Crippen LogP contribution in [-0.4, -0.2) is 36.5 Å². The maximum Gasteiger partial charge on any atom is 0.261 e. The molecule has 3 N–H and O–H groups in total. The number of rotatable bonds is 4. The summed E-state index contributed by atoms with van der Waals surface area (Å²) in [5.74, 6) is 0.727. The normalized spacial score (nSPS) is 25.6. The van der Waals surface area contributed by atoms with Crippen LogP contribution in [0.1, 0.15) is 22.5 Å². The van der Waals surface area contributed by atoms with E-state index in [2.05, 4.69) is 10.2 Å². The first-order chi connectivity index (χ1) is 11.7. The van der Waals surface area contributed by atoms with E-state index in [0.29, 0.717) is 12.0 Å². The van der Waals surface area contributed by atoms with E-state index in [9.17, 15) is 4.79 Å². The Morgan fingerprint density at radius 1 is 1.17 bits per heavy atom. The molecule has 2 bridgehead atoms. The SMILES string of the molecule is Nc1ccc(Sc2ccc(C(=O)N[C@H]3CN4CCC3CC4)s2)cc1. The van der Waals surface area contributed by atoms with E-state index in [1.54, 1.807) is 23.1 Å². The number of thiophene rings is 1. The zero-order chi connectivity index (χ0) is 16.5. The number of hydrogen-bond acceptors (Lipinski definition) is 5. The smallest absolute Gasteiger partial charge is 0.261 e. The minimum absolute atomic E-state index is 0.0721. The minimum atomic E-state index is 0.0721. The van der Waals surface area contributed by atoms with Crippen molar-refractivity contribution < 1.29 is 4.79 Å². The molecule has 6 heteroatoms. The Labute approximate surface area is 150 Å². The van der Waals surface area contributed by atoms with Crippen LogP contribution >= 0.6 is 23.1 Å². The Kier molecular flexibility index (Phi) is 4.52.